The van der Waals surface area contributed by atoms with Crippen molar-refractivity contribution < 1.29 is 13.2 Å². The quantitative estimate of drug-likeness (QED) is 0.595. The Morgan fingerprint density at radius 3 is 2.68 bits per heavy atom. The third-order valence-corrected chi connectivity index (χ3v) is 5.31. The topological polar surface area (TPSA) is 97.5 Å². The van der Waals surface area contributed by atoms with Crippen molar-refractivity contribution in [3.05, 3.63) is 18.3 Å². The van der Waals surface area contributed by atoms with E-state index < -0.39 is 10.0 Å². The molecule has 3 rings (SSSR count). The zero-order valence-electron chi connectivity index (χ0n) is 10.3. The van der Waals surface area contributed by atoms with Crippen LogP contribution in [0.2, 0.25) is 0 Å². The predicted octanol–water partition coefficient (Wildman–Crippen LogP) is -0.0809. The van der Waals surface area contributed by atoms with Gasteiger partial charge in [0.1, 0.15) is 0 Å². The Balaban J connectivity index is 1.94. The molecule has 0 radical (unpaired) electrons. The molecule has 2 saturated heterocycles. The number of nitrogens with one attached hydrogen (secondary N) is 1. The molecule has 0 saturated carbocycles. The Kier molecular flexibility index (Phi) is 3.17. The van der Waals surface area contributed by atoms with Crippen molar-refractivity contribution in [3.8, 4) is 0 Å². The summed E-state index contributed by atoms with van der Waals surface area (Å²) >= 11 is 0. The van der Waals surface area contributed by atoms with E-state index >= 15 is 0 Å². The molecule has 104 valence electrons. The number of hydrogen-bond acceptors (Lipinski definition) is 6. The van der Waals surface area contributed by atoms with E-state index in [1.165, 1.54) is 10.5 Å². The highest BCUT2D eigenvalue weighted by molar-refractivity contribution is 7.89. The summed E-state index contributed by atoms with van der Waals surface area (Å²) in [5.41, 5.74) is 2.69. The van der Waals surface area contributed by atoms with Crippen molar-refractivity contribution in [2.24, 2.45) is 5.84 Å². The van der Waals surface area contributed by atoms with Gasteiger partial charge < -0.3 is 10.2 Å². The second-order valence-corrected chi connectivity index (χ2v) is 6.63. The van der Waals surface area contributed by atoms with E-state index in [-0.39, 0.29) is 17.2 Å². The SMILES string of the molecule is NNc1cccnc1S(=O)(=O)N1CC2CCC(C1)O2. The first-order chi connectivity index (χ1) is 9.11. The van der Waals surface area contributed by atoms with Gasteiger partial charge in [-0.15, -0.1) is 0 Å². The Morgan fingerprint density at radius 1 is 1.37 bits per heavy atom. The Bertz CT molecular complexity index is 565. The first-order valence-corrected chi connectivity index (χ1v) is 7.62. The molecule has 1 aromatic rings. The summed E-state index contributed by atoms with van der Waals surface area (Å²) in [4.78, 5) is 3.95. The van der Waals surface area contributed by atoms with Gasteiger partial charge in [-0.2, -0.15) is 4.31 Å². The minimum atomic E-state index is -3.63. The van der Waals surface area contributed by atoms with Gasteiger partial charge in [-0.25, -0.2) is 13.4 Å². The van der Waals surface area contributed by atoms with E-state index in [9.17, 15) is 8.42 Å². The molecule has 0 amide bonds. The van der Waals surface area contributed by atoms with Crippen LogP contribution in [0.3, 0.4) is 0 Å². The number of rotatable bonds is 3. The average Bonchev–Trinajstić information content (AvgIpc) is 2.77. The molecule has 3 N–H and O–H groups in total. The zero-order chi connectivity index (χ0) is 13.5. The number of nitrogen functional groups attached to an aromatic ring is 1. The maximum Gasteiger partial charge on any atom is 0.262 e. The molecule has 3 heterocycles. The first kappa shape index (κ1) is 12.8. The molecule has 0 aromatic carbocycles. The lowest BCUT2D eigenvalue weighted by atomic mass is 10.2. The summed E-state index contributed by atoms with van der Waals surface area (Å²) in [7, 11) is -3.63. The number of nitrogens with zero attached hydrogens (tertiary/aromatic N) is 2. The van der Waals surface area contributed by atoms with E-state index in [0.717, 1.165) is 12.8 Å². The largest absolute Gasteiger partial charge is 0.372 e. The van der Waals surface area contributed by atoms with Gasteiger partial charge in [0.15, 0.2) is 5.03 Å². The zero-order valence-corrected chi connectivity index (χ0v) is 11.1. The van der Waals surface area contributed by atoms with Gasteiger partial charge in [-0.3, -0.25) is 5.84 Å². The van der Waals surface area contributed by atoms with Crippen LogP contribution in [0.5, 0.6) is 0 Å². The van der Waals surface area contributed by atoms with E-state index in [4.69, 9.17) is 10.6 Å². The molecule has 0 spiro atoms. The number of anilines is 1. The molecule has 1 aromatic heterocycles. The highest BCUT2D eigenvalue weighted by Gasteiger charge is 2.40. The van der Waals surface area contributed by atoms with Gasteiger partial charge in [0.05, 0.1) is 17.9 Å². The number of ether oxygens (including phenoxy) is 1. The number of hydrazine groups is 1. The van der Waals surface area contributed by atoms with Crippen LogP contribution in [-0.4, -0.2) is 43.0 Å². The lowest BCUT2D eigenvalue weighted by Crippen LogP contribution is -2.46. The molecule has 2 aliphatic heterocycles. The molecule has 2 aliphatic rings. The molecular formula is C11H16N4O3S. The van der Waals surface area contributed by atoms with Crippen molar-refractivity contribution >= 4 is 15.7 Å². The minimum Gasteiger partial charge on any atom is -0.372 e. The number of sulfonamides is 1. The number of morpholine rings is 1. The number of hydrogen-bond donors (Lipinski definition) is 2. The predicted molar refractivity (Wildman–Crippen MR) is 68.7 cm³/mol. The van der Waals surface area contributed by atoms with Gasteiger partial charge in [-0.1, -0.05) is 0 Å². The third kappa shape index (κ3) is 2.20. The molecule has 0 aliphatic carbocycles. The molecule has 19 heavy (non-hydrogen) atoms. The maximum atomic E-state index is 12.6. The highest BCUT2D eigenvalue weighted by Crippen LogP contribution is 2.30. The molecule has 2 atom stereocenters. The second-order valence-electron chi connectivity index (χ2n) is 4.78. The summed E-state index contributed by atoms with van der Waals surface area (Å²) in [6.07, 6.45) is 3.29. The summed E-state index contributed by atoms with van der Waals surface area (Å²) in [6.45, 7) is 0.777. The van der Waals surface area contributed by atoms with Crippen LogP contribution in [-0.2, 0) is 14.8 Å². The van der Waals surface area contributed by atoms with Crippen LogP contribution in [0.25, 0.3) is 0 Å². The van der Waals surface area contributed by atoms with Gasteiger partial charge >= 0.3 is 0 Å². The van der Waals surface area contributed by atoms with Crippen LogP contribution < -0.4 is 11.3 Å². The van der Waals surface area contributed by atoms with Crippen LogP contribution in [0, 0.1) is 0 Å². The number of nitrogens with two attached hydrogens (primary N) is 1. The number of fused-ring (bicyclic) bond motifs is 2. The van der Waals surface area contributed by atoms with E-state index in [0.29, 0.717) is 18.8 Å². The standard InChI is InChI=1S/C11H16N4O3S/c12-14-10-2-1-5-13-11(10)19(16,17)15-6-8-3-4-9(7-15)18-8/h1-2,5,8-9,14H,3-4,6-7,12H2. The second kappa shape index (κ2) is 4.71. The fourth-order valence-electron chi connectivity index (χ4n) is 2.60. The average molecular weight is 284 g/mol. The Hall–Kier alpha value is -1.22. The van der Waals surface area contributed by atoms with Crippen molar-refractivity contribution in [1.29, 1.82) is 0 Å². The molecule has 8 heteroatoms. The molecule has 2 fully saturated rings. The molecule has 7 nitrogen and oxygen atoms in total. The maximum absolute atomic E-state index is 12.6. The highest BCUT2D eigenvalue weighted by atomic mass is 32.2. The van der Waals surface area contributed by atoms with Gasteiger partial charge in [0.2, 0.25) is 0 Å². The van der Waals surface area contributed by atoms with Crippen LogP contribution in [0.1, 0.15) is 12.8 Å². The van der Waals surface area contributed by atoms with Crippen LogP contribution in [0.4, 0.5) is 5.69 Å². The lowest BCUT2D eigenvalue weighted by Gasteiger charge is -2.31. The third-order valence-electron chi connectivity index (χ3n) is 3.52. The summed E-state index contributed by atoms with van der Waals surface area (Å²) < 4.78 is 32.3. The number of pyridine rings is 1. The fraction of sp³-hybridized carbons (Fsp3) is 0.545. The van der Waals surface area contributed by atoms with E-state index in [2.05, 4.69) is 10.4 Å². The Morgan fingerprint density at radius 2 is 2.05 bits per heavy atom. The van der Waals surface area contributed by atoms with Crippen LogP contribution >= 0.6 is 0 Å². The van der Waals surface area contributed by atoms with Crippen molar-refractivity contribution in [2.45, 2.75) is 30.1 Å². The molecule has 2 unspecified atom stereocenters. The smallest absolute Gasteiger partial charge is 0.262 e. The number of aromatic nitrogens is 1. The summed E-state index contributed by atoms with van der Waals surface area (Å²) in [5, 5.41) is -0.0289. The van der Waals surface area contributed by atoms with Crippen molar-refractivity contribution in [1.82, 2.24) is 9.29 Å². The fourth-order valence-corrected chi connectivity index (χ4v) is 4.17. The molecular weight excluding hydrogens is 268 g/mol. The van der Waals surface area contributed by atoms with Crippen LogP contribution in [0.15, 0.2) is 23.4 Å². The monoisotopic (exact) mass is 284 g/mol. The summed E-state index contributed by atoms with van der Waals surface area (Å²) in [6, 6.07) is 3.23. The van der Waals surface area contributed by atoms with E-state index in [1.807, 2.05) is 0 Å². The summed E-state index contributed by atoms with van der Waals surface area (Å²) in [5.74, 6) is 5.35. The van der Waals surface area contributed by atoms with Gasteiger partial charge in [0, 0.05) is 19.3 Å². The Labute approximate surface area is 111 Å². The first-order valence-electron chi connectivity index (χ1n) is 6.18. The van der Waals surface area contributed by atoms with Gasteiger partial charge in [0.25, 0.3) is 10.0 Å². The minimum absolute atomic E-state index is 0.00604. The normalized spacial score (nSPS) is 27.4. The van der Waals surface area contributed by atoms with Gasteiger partial charge in [-0.05, 0) is 25.0 Å². The lowest BCUT2D eigenvalue weighted by molar-refractivity contribution is -0.0115. The van der Waals surface area contributed by atoms with E-state index in [1.54, 1.807) is 12.1 Å². The molecule has 2 bridgehead atoms. The van der Waals surface area contributed by atoms with Crippen molar-refractivity contribution in [2.75, 3.05) is 18.5 Å². The van der Waals surface area contributed by atoms with Crippen molar-refractivity contribution in [3.63, 3.8) is 0 Å².